The first-order valence-electron chi connectivity index (χ1n) is 8.74. The molecule has 134 valence electrons. The number of imidazole rings is 2. The Bertz CT molecular complexity index is 1310. The van der Waals surface area contributed by atoms with Gasteiger partial charge in [-0.1, -0.05) is 36.3 Å². The molecule has 5 aromatic rings. The van der Waals surface area contributed by atoms with E-state index in [2.05, 4.69) is 35.7 Å². The molecule has 7 nitrogen and oxygen atoms in total. The number of rotatable bonds is 4. The van der Waals surface area contributed by atoms with E-state index < -0.39 is 6.04 Å². The summed E-state index contributed by atoms with van der Waals surface area (Å²) >= 11 is 0. The fourth-order valence-electron chi connectivity index (χ4n) is 3.28. The Morgan fingerprint density at radius 1 is 1.00 bits per heavy atom. The normalized spacial score (nSPS) is 12.1. The number of benzene rings is 2. The molecule has 28 heavy (non-hydrogen) atoms. The second-order valence-electron chi connectivity index (χ2n) is 6.20. The minimum Gasteiger partial charge on any atom is -0.348 e. The second-order valence-corrected chi connectivity index (χ2v) is 6.20. The van der Waals surface area contributed by atoms with Crippen LogP contribution in [0.4, 0.5) is 5.82 Å². The molecular weight excluding hydrogens is 350 g/mol. The van der Waals surface area contributed by atoms with Crippen LogP contribution in [0.5, 0.6) is 0 Å². The molecule has 7 heteroatoms. The molecule has 2 aromatic carbocycles. The maximum atomic E-state index is 5.91. The molecule has 0 bridgehead atoms. The summed E-state index contributed by atoms with van der Waals surface area (Å²) in [7, 11) is 0. The molecule has 0 saturated heterocycles. The zero-order valence-electron chi connectivity index (χ0n) is 14.7. The third-order valence-electron chi connectivity index (χ3n) is 4.53. The molecule has 1 atom stereocenters. The monoisotopic (exact) mass is 365 g/mol. The van der Waals surface area contributed by atoms with Gasteiger partial charge >= 0.3 is 0 Å². The van der Waals surface area contributed by atoms with E-state index in [4.69, 9.17) is 11.4 Å². The summed E-state index contributed by atoms with van der Waals surface area (Å²) < 4.78 is 2.07. The summed E-state index contributed by atoms with van der Waals surface area (Å²) in [5.74, 6) is 4.10. The average molecular weight is 365 g/mol. The predicted molar refractivity (Wildman–Crippen MR) is 108 cm³/mol. The topological polar surface area (TPSA) is 84.3 Å². The molecule has 5 rings (SSSR count). The van der Waals surface area contributed by atoms with Crippen LogP contribution in [0.2, 0.25) is 0 Å². The lowest BCUT2D eigenvalue weighted by Gasteiger charge is -2.16. The molecule has 3 aromatic heterocycles. The van der Waals surface area contributed by atoms with Crippen LogP contribution in [-0.2, 0) is 0 Å². The van der Waals surface area contributed by atoms with Crippen LogP contribution in [0.1, 0.15) is 11.9 Å². The molecule has 0 aliphatic rings. The van der Waals surface area contributed by atoms with E-state index in [-0.39, 0.29) is 0 Å². The van der Waals surface area contributed by atoms with Crippen LogP contribution in [0, 0.1) is 12.3 Å². The fraction of sp³-hybridized carbons (Fsp3) is 0.0476. The van der Waals surface area contributed by atoms with E-state index in [9.17, 15) is 0 Å². The number of nitrogens with zero attached hydrogens (tertiary/aromatic N) is 5. The molecule has 0 fully saturated rings. The average Bonchev–Trinajstić information content (AvgIpc) is 3.37. The summed E-state index contributed by atoms with van der Waals surface area (Å²) in [6, 6.07) is 17.5. The largest absolute Gasteiger partial charge is 0.348 e. The Morgan fingerprint density at radius 3 is 2.68 bits per heavy atom. The Morgan fingerprint density at radius 2 is 1.82 bits per heavy atom. The van der Waals surface area contributed by atoms with E-state index in [0.717, 1.165) is 16.7 Å². The van der Waals surface area contributed by atoms with Gasteiger partial charge in [0.1, 0.15) is 23.7 Å². The lowest BCUT2D eigenvalue weighted by molar-refractivity contribution is 0.849. The standard InChI is InChI=1S/C21H15N7/c1-2-15(26-20-18-19(23-12-22-18)24-13-25-20)21-27-16-10-6-7-11-17(16)28(21)14-8-4-3-5-9-14/h1,3-13,15H,(H2,22,23,24,25,26). The van der Waals surface area contributed by atoms with Crippen LogP contribution >= 0.6 is 0 Å². The van der Waals surface area contributed by atoms with Gasteiger partial charge in [0.2, 0.25) is 0 Å². The number of nitrogens with one attached hydrogen (secondary N) is 2. The van der Waals surface area contributed by atoms with Gasteiger partial charge in [0.05, 0.1) is 17.4 Å². The Kier molecular flexibility index (Phi) is 3.73. The molecule has 1 unspecified atom stereocenters. The highest BCUT2D eigenvalue weighted by atomic mass is 15.2. The van der Waals surface area contributed by atoms with Crippen molar-refractivity contribution >= 4 is 28.0 Å². The zero-order valence-corrected chi connectivity index (χ0v) is 14.7. The van der Waals surface area contributed by atoms with Gasteiger partial charge in [-0.05, 0) is 24.3 Å². The third-order valence-corrected chi connectivity index (χ3v) is 4.53. The molecule has 0 saturated carbocycles. The SMILES string of the molecule is C#CC(Nc1ncnc2nc[nH]c12)c1nc2ccccc2n1-c1ccccc1. The third kappa shape index (κ3) is 2.56. The highest BCUT2D eigenvalue weighted by Gasteiger charge is 2.21. The van der Waals surface area contributed by atoms with Crippen molar-refractivity contribution in [3.05, 3.63) is 73.1 Å². The highest BCUT2D eigenvalue weighted by Crippen LogP contribution is 2.28. The van der Waals surface area contributed by atoms with Crippen molar-refractivity contribution in [2.24, 2.45) is 0 Å². The van der Waals surface area contributed by atoms with Crippen molar-refractivity contribution in [3.8, 4) is 18.0 Å². The van der Waals surface area contributed by atoms with Crippen molar-refractivity contribution in [1.82, 2.24) is 29.5 Å². The number of para-hydroxylation sites is 3. The van der Waals surface area contributed by atoms with Gasteiger partial charge in [0.25, 0.3) is 0 Å². The summed E-state index contributed by atoms with van der Waals surface area (Å²) in [6.07, 6.45) is 8.94. The van der Waals surface area contributed by atoms with E-state index in [1.165, 1.54) is 6.33 Å². The number of aromatic nitrogens is 6. The van der Waals surface area contributed by atoms with Crippen molar-refractivity contribution in [1.29, 1.82) is 0 Å². The van der Waals surface area contributed by atoms with Gasteiger partial charge < -0.3 is 10.3 Å². The second kappa shape index (κ2) is 6.52. The molecule has 0 aliphatic carbocycles. The molecule has 0 aliphatic heterocycles. The number of terminal acetylenes is 1. The number of fused-ring (bicyclic) bond motifs is 2. The van der Waals surface area contributed by atoms with Crippen LogP contribution in [0.15, 0.2) is 67.3 Å². The minimum absolute atomic E-state index is 0.506. The van der Waals surface area contributed by atoms with Crippen molar-refractivity contribution in [2.45, 2.75) is 6.04 Å². The maximum Gasteiger partial charge on any atom is 0.182 e. The smallest absolute Gasteiger partial charge is 0.182 e. The van der Waals surface area contributed by atoms with Crippen LogP contribution in [0.25, 0.3) is 27.9 Å². The van der Waals surface area contributed by atoms with Gasteiger partial charge in [-0.3, -0.25) is 4.57 Å². The first-order chi connectivity index (χ1) is 13.8. The van der Waals surface area contributed by atoms with Crippen LogP contribution in [-0.4, -0.2) is 29.5 Å². The summed E-state index contributed by atoms with van der Waals surface area (Å²) in [5.41, 5.74) is 4.12. The molecule has 2 N–H and O–H groups in total. The Labute approximate surface area is 160 Å². The van der Waals surface area contributed by atoms with E-state index in [1.807, 2.05) is 54.6 Å². The fourth-order valence-corrected chi connectivity index (χ4v) is 3.28. The van der Waals surface area contributed by atoms with Crippen molar-refractivity contribution in [3.63, 3.8) is 0 Å². The van der Waals surface area contributed by atoms with Crippen molar-refractivity contribution in [2.75, 3.05) is 5.32 Å². The molecular formula is C21H15N7. The number of hydrogen-bond donors (Lipinski definition) is 2. The number of H-pyrrole nitrogens is 1. The van der Waals surface area contributed by atoms with Gasteiger partial charge in [0.15, 0.2) is 11.5 Å². The highest BCUT2D eigenvalue weighted by molar-refractivity contribution is 5.83. The van der Waals surface area contributed by atoms with Crippen molar-refractivity contribution < 1.29 is 0 Å². The summed E-state index contributed by atoms with van der Waals surface area (Å²) in [4.78, 5) is 20.5. The number of hydrogen-bond acceptors (Lipinski definition) is 5. The molecule has 3 heterocycles. The molecule has 0 radical (unpaired) electrons. The van der Waals surface area contributed by atoms with Crippen LogP contribution < -0.4 is 5.32 Å². The zero-order chi connectivity index (χ0) is 18.9. The quantitative estimate of drug-likeness (QED) is 0.476. The number of anilines is 1. The van der Waals surface area contributed by atoms with Crippen LogP contribution in [0.3, 0.4) is 0 Å². The number of aromatic amines is 1. The first-order valence-corrected chi connectivity index (χ1v) is 8.74. The Hall–Kier alpha value is -4.18. The van der Waals surface area contributed by atoms with E-state index in [0.29, 0.717) is 22.8 Å². The lowest BCUT2D eigenvalue weighted by atomic mass is 10.2. The van der Waals surface area contributed by atoms with Gasteiger partial charge in [-0.25, -0.2) is 19.9 Å². The van der Waals surface area contributed by atoms with Gasteiger partial charge in [-0.15, -0.1) is 6.42 Å². The summed E-state index contributed by atoms with van der Waals surface area (Å²) in [6.45, 7) is 0. The van der Waals surface area contributed by atoms with E-state index >= 15 is 0 Å². The summed E-state index contributed by atoms with van der Waals surface area (Å²) in [5, 5.41) is 3.30. The van der Waals surface area contributed by atoms with Gasteiger partial charge in [0, 0.05) is 5.69 Å². The Balaban J connectivity index is 1.67. The lowest BCUT2D eigenvalue weighted by Crippen LogP contribution is -2.15. The first kappa shape index (κ1) is 16.0. The van der Waals surface area contributed by atoms with E-state index in [1.54, 1.807) is 6.33 Å². The molecule has 0 spiro atoms. The predicted octanol–water partition coefficient (Wildman–Crippen LogP) is 3.48. The molecule has 0 amide bonds. The maximum absolute atomic E-state index is 5.91. The minimum atomic E-state index is -0.506. The van der Waals surface area contributed by atoms with Gasteiger partial charge in [-0.2, -0.15) is 0 Å².